The third kappa shape index (κ3) is 5.65. The van der Waals surface area contributed by atoms with Crippen molar-refractivity contribution in [3.05, 3.63) is 0 Å². The molecule has 0 aromatic carbocycles. The van der Waals surface area contributed by atoms with Gasteiger partial charge in [-0.1, -0.05) is 6.92 Å². The van der Waals surface area contributed by atoms with Crippen molar-refractivity contribution in [2.45, 2.75) is 57.8 Å². The van der Waals surface area contributed by atoms with Crippen molar-refractivity contribution in [3.63, 3.8) is 0 Å². The Morgan fingerprint density at radius 2 is 2.17 bits per heavy atom. The quantitative estimate of drug-likeness (QED) is 0.723. The van der Waals surface area contributed by atoms with Gasteiger partial charge in [0, 0.05) is 13.2 Å². The normalized spacial score (nSPS) is 23.0. The second kappa shape index (κ2) is 8.10. The molecule has 1 aliphatic rings. The van der Waals surface area contributed by atoms with Crippen molar-refractivity contribution in [2.75, 3.05) is 33.5 Å². The Labute approximate surface area is 111 Å². The maximum atomic E-state index is 5.81. The molecule has 0 aromatic rings. The van der Waals surface area contributed by atoms with E-state index in [4.69, 9.17) is 14.2 Å². The molecule has 2 atom stereocenters. The number of ether oxygens (including phenoxy) is 3. The van der Waals surface area contributed by atoms with Gasteiger partial charge in [-0.05, 0) is 39.7 Å². The lowest BCUT2D eigenvalue weighted by molar-refractivity contribution is -0.105. The molecule has 0 bridgehead atoms. The summed E-state index contributed by atoms with van der Waals surface area (Å²) in [4.78, 5) is 0. The molecule has 0 aliphatic carbocycles. The highest BCUT2D eigenvalue weighted by Gasteiger charge is 2.27. The molecule has 4 heteroatoms. The van der Waals surface area contributed by atoms with Crippen LogP contribution in [-0.4, -0.2) is 51.2 Å². The largest absolute Gasteiger partial charge is 0.379 e. The zero-order valence-corrected chi connectivity index (χ0v) is 12.3. The second-order valence-electron chi connectivity index (χ2n) is 5.55. The van der Waals surface area contributed by atoms with E-state index in [1.165, 1.54) is 0 Å². The molecule has 18 heavy (non-hydrogen) atoms. The van der Waals surface area contributed by atoms with E-state index in [2.05, 4.69) is 26.1 Å². The monoisotopic (exact) mass is 259 g/mol. The lowest BCUT2D eigenvalue weighted by Crippen LogP contribution is -2.47. The zero-order chi connectivity index (χ0) is 13.4. The molecule has 0 saturated carbocycles. The van der Waals surface area contributed by atoms with E-state index in [1.807, 2.05) is 0 Å². The molecular weight excluding hydrogens is 230 g/mol. The standard InChI is InChI=1S/C14H29NO3/c1-5-8-15-12(6-7-14(2,3)16-4)13-11-17-9-10-18-13/h12-13,15H,5-11H2,1-4H3. The van der Waals surface area contributed by atoms with Crippen LogP contribution in [0.2, 0.25) is 0 Å². The highest BCUT2D eigenvalue weighted by Crippen LogP contribution is 2.19. The summed E-state index contributed by atoms with van der Waals surface area (Å²) in [6.45, 7) is 9.60. The SMILES string of the molecule is CCCNC(CCC(C)(C)OC)C1COCCO1. The summed E-state index contributed by atoms with van der Waals surface area (Å²) in [6.07, 6.45) is 3.38. The molecule has 108 valence electrons. The summed E-state index contributed by atoms with van der Waals surface area (Å²) < 4.78 is 16.8. The molecule has 0 spiro atoms. The minimum absolute atomic E-state index is 0.0678. The predicted molar refractivity (Wildman–Crippen MR) is 73.0 cm³/mol. The van der Waals surface area contributed by atoms with Crippen LogP contribution in [0.3, 0.4) is 0 Å². The van der Waals surface area contributed by atoms with E-state index >= 15 is 0 Å². The van der Waals surface area contributed by atoms with Crippen LogP contribution in [0, 0.1) is 0 Å². The maximum absolute atomic E-state index is 5.81. The van der Waals surface area contributed by atoms with Crippen molar-refractivity contribution < 1.29 is 14.2 Å². The molecule has 0 amide bonds. The molecule has 1 rings (SSSR count). The molecule has 1 aliphatic heterocycles. The first-order chi connectivity index (χ1) is 8.59. The summed E-state index contributed by atoms with van der Waals surface area (Å²) in [6, 6.07) is 0.361. The summed E-state index contributed by atoms with van der Waals surface area (Å²) in [5, 5.41) is 3.58. The first-order valence-electron chi connectivity index (χ1n) is 7.07. The van der Waals surface area contributed by atoms with Crippen LogP contribution in [0.4, 0.5) is 0 Å². The highest BCUT2D eigenvalue weighted by molar-refractivity contribution is 4.82. The molecule has 1 fully saturated rings. The lowest BCUT2D eigenvalue weighted by Gasteiger charge is -2.33. The minimum atomic E-state index is -0.0678. The van der Waals surface area contributed by atoms with Crippen molar-refractivity contribution in [3.8, 4) is 0 Å². The Balaban J connectivity index is 2.43. The van der Waals surface area contributed by atoms with Gasteiger partial charge < -0.3 is 19.5 Å². The Morgan fingerprint density at radius 3 is 2.72 bits per heavy atom. The van der Waals surface area contributed by atoms with Gasteiger partial charge in [0.2, 0.25) is 0 Å². The van der Waals surface area contributed by atoms with Gasteiger partial charge in [0.15, 0.2) is 0 Å². The minimum Gasteiger partial charge on any atom is -0.379 e. The van der Waals surface area contributed by atoms with Crippen LogP contribution in [-0.2, 0) is 14.2 Å². The fraction of sp³-hybridized carbons (Fsp3) is 1.00. The van der Waals surface area contributed by atoms with Gasteiger partial charge in [-0.2, -0.15) is 0 Å². The van der Waals surface area contributed by atoms with Crippen LogP contribution >= 0.6 is 0 Å². The van der Waals surface area contributed by atoms with Crippen molar-refractivity contribution in [1.29, 1.82) is 0 Å². The second-order valence-corrected chi connectivity index (χ2v) is 5.55. The van der Waals surface area contributed by atoms with Crippen molar-refractivity contribution in [1.82, 2.24) is 5.32 Å². The smallest absolute Gasteiger partial charge is 0.0962 e. The van der Waals surface area contributed by atoms with Gasteiger partial charge in [0.25, 0.3) is 0 Å². The molecule has 1 N–H and O–H groups in total. The fourth-order valence-corrected chi connectivity index (χ4v) is 2.09. The van der Waals surface area contributed by atoms with E-state index in [0.29, 0.717) is 19.3 Å². The Morgan fingerprint density at radius 1 is 1.39 bits per heavy atom. The Hall–Kier alpha value is -0.160. The topological polar surface area (TPSA) is 39.7 Å². The van der Waals surface area contributed by atoms with Gasteiger partial charge in [-0.3, -0.25) is 0 Å². The van der Waals surface area contributed by atoms with Gasteiger partial charge in [0.1, 0.15) is 0 Å². The summed E-state index contributed by atoms with van der Waals surface area (Å²) in [5.41, 5.74) is -0.0678. The first kappa shape index (κ1) is 15.9. The average Bonchev–Trinajstić information content (AvgIpc) is 2.40. The van der Waals surface area contributed by atoms with Crippen LogP contribution in [0.25, 0.3) is 0 Å². The van der Waals surface area contributed by atoms with Crippen LogP contribution in [0.5, 0.6) is 0 Å². The van der Waals surface area contributed by atoms with E-state index in [-0.39, 0.29) is 11.7 Å². The maximum Gasteiger partial charge on any atom is 0.0962 e. The number of hydrogen-bond donors (Lipinski definition) is 1. The van der Waals surface area contributed by atoms with E-state index in [9.17, 15) is 0 Å². The van der Waals surface area contributed by atoms with Crippen LogP contribution < -0.4 is 5.32 Å². The van der Waals surface area contributed by atoms with E-state index in [0.717, 1.165) is 32.4 Å². The number of hydrogen-bond acceptors (Lipinski definition) is 4. The lowest BCUT2D eigenvalue weighted by atomic mass is 9.96. The van der Waals surface area contributed by atoms with Crippen molar-refractivity contribution in [2.24, 2.45) is 0 Å². The molecule has 0 radical (unpaired) electrons. The fourth-order valence-electron chi connectivity index (χ4n) is 2.09. The van der Waals surface area contributed by atoms with E-state index < -0.39 is 0 Å². The Bertz CT molecular complexity index is 215. The van der Waals surface area contributed by atoms with Crippen LogP contribution in [0.1, 0.15) is 40.0 Å². The molecule has 1 saturated heterocycles. The average molecular weight is 259 g/mol. The van der Waals surface area contributed by atoms with E-state index in [1.54, 1.807) is 7.11 Å². The highest BCUT2D eigenvalue weighted by atomic mass is 16.6. The number of nitrogens with one attached hydrogen (secondary N) is 1. The number of methoxy groups -OCH3 is 1. The Kier molecular flexibility index (Phi) is 7.15. The molecule has 4 nitrogen and oxygen atoms in total. The molecule has 0 aromatic heterocycles. The van der Waals surface area contributed by atoms with Gasteiger partial charge in [-0.25, -0.2) is 0 Å². The van der Waals surface area contributed by atoms with Crippen molar-refractivity contribution >= 4 is 0 Å². The predicted octanol–water partition coefficient (Wildman–Crippen LogP) is 1.98. The summed E-state index contributed by atoms with van der Waals surface area (Å²) in [7, 11) is 1.77. The molecule has 2 unspecified atom stereocenters. The molecule has 1 heterocycles. The van der Waals surface area contributed by atoms with Gasteiger partial charge >= 0.3 is 0 Å². The summed E-state index contributed by atoms with van der Waals surface area (Å²) in [5.74, 6) is 0. The molecular formula is C14H29NO3. The van der Waals surface area contributed by atoms with Gasteiger partial charge in [-0.15, -0.1) is 0 Å². The first-order valence-corrected chi connectivity index (χ1v) is 7.07. The zero-order valence-electron chi connectivity index (χ0n) is 12.3. The third-order valence-corrected chi connectivity index (χ3v) is 3.56. The van der Waals surface area contributed by atoms with Crippen LogP contribution in [0.15, 0.2) is 0 Å². The van der Waals surface area contributed by atoms with Gasteiger partial charge in [0.05, 0.1) is 31.5 Å². The third-order valence-electron chi connectivity index (χ3n) is 3.56. The summed E-state index contributed by atoms with van der Waals surface area (Å²) >= 11 is 0. The number of rotatable bonds is 8.